The number of esters is 1. The van der Waals surface area contributed by atoms with Crippen LogP contribution in [0.2, 0.25) is 5.04 Å². The highest BCUT2D eigenvalue weighted by Crippen LogP contribution is 2.36. The molecule has 0 saturated heterocycles. The number of hydrogen-bond donors (Lipinski definition) is 0. The minimum atomic E-state index is -2.56. The second-order valence-corrected chi connectivity index (χ2v) is 11.7. The molecule has 0 amide bonds. The fourth-order valence-corrected chi connectivity index (χ4v) is 7.79. The van der Waals surface area contributed by atoms with Crippen molar-refractivity contribution >= 4 is 24.7 Å². The van der Waals surface area contributed by atoms with E-state index in [1.54, 1.807) is 6.92 Å². The summed E-state index contributed by atoms with van der Waals surface area (Å²) in [6.45, 7) is 8.82. The highest BCUT2D eigenvalue weighted by atomic mass is 28.4. The summed E-state index contributed by atoms with van der Waals surface area (Å²) in [6.07, 6.45) is 1.81. The molecule has 0 bridgehead atoms. The summed E-state index contributed by atoms with van der Waals surface area (Å²) in [5, 5.41) is 2.37. The number of hydrogen-bond acceptors (Lipinski definition) is 3. The molecule has 0 N–H and O–H groups in total. The van der Waals surface area contributed by atoms with Gasteiger partial charge >= 0.3 is 5.97 Å². The van der Waals surface area contributed by atoms with Crippen LogP contribution in [0.4, 0.5) is 0 Å². The Morgan fingerprint density at radius 1 is 0.962 bits per heavy atom. The molecule has 0 unspecified atom stereocenters. The second kappa shape index (κ2) is 8.47. The van der Waals surface area contributed by atoms with Crippen LogP contribution in [0.1, 0.15) is 27.7 Å². The molecule has 0 saturated carbocycles. The smallest absolute Gasteiger partial charge is 0.333 e. The topological polar surface area (TPSA) is 35.5 Å². The van der Waals surface area contributed by atoms with E-state index in [-0.39, 0.29) is 11.0 Å². The minimum Gasteiger partial charge on any atom is -0.466 e. The first kappa shape index (κ1) is 20.1. The van der Waals surface area contributed by atoms with Gasteiger partial charge in [-0.1, -0.05) is 87.5 Å². The van der Waals surface area contributed by atoms with Gasteiger partial charge in [0.1, 0.15) is 0 Å². The van der Waals surface area contributed by atoms with Gasteiger partial charge in [-0.25, -0.2) is 4.79 Å². The Morgan fingerprint density at radius 2 is 1.42 bits per heavy atom. The second-order valence-electron chi connectivity index (χ2n) is 7.35. The van der Waals surface area contributed by atoms with Crippen LogP contribution in [-0.4, -0.2) is 28.0 Å². The van der Waals surface area contributed by atoms with Crippen molar-refractivity contribution in [3.63, 3.8) is 0 Å². The average molecular weight is 369 g/mol. The van der Waals surface area contributed by atoms with E-state index >= 15 is 0 Å². The third-order valence-electron chi connectivity index (χ3n) is 4.61. The normalized spacial score (nSPS) is 12.7. The van der Waals surface area contributed by atoms with Crippen LogP contribution in [0, 0.1) is 0 Å². The predicted octanol–water partition coefficient (Wildman–Crippen LogP) is 3.68. The van der Waals surface area contributed by atoms with Crippen molar-refractivity contribution in [2.75, 3.05) is 13.7 Å². The fraction of sp³-hybridized carbons (Fsp3) is 0.318. The SMILES string of the molecule is COC(=O)/C(C)=C/CO[Si](c1ccccc1)(c1ccccc1)C(C)(C)C. The van der Waals surface area contributed by atoms with Crippen LogP contribution in [-0.2, 0) is 14.0 Å². The maximum Gasteiger partial charge on any atom is 0.333 e. The van der Waals surface area contributed by atoms with Gasteiger partial charge in [-0.05, 0) is 22.3 Å². The number of benzene rings is 2. The fourth-order valence-electron chi connectivity index (χ4n) is 3.30. The zero-order chi connectivity index (χ0) is 19.2. The molecule has 138 valence electrons. The first-order valence-electron chi connectivity index (χ1n) is 8.83. The van der Waals surface area contributed by atoms with Crippen molar-refractivity contribution in [1.29, 1.82) is 0 Å². The van der Waals surface area contributed by atoms with Crippen molar-refractivity contribution in [1.82, 2.24) is 0 Å². The summed E-state index contributed by atoms with van der Waals surface area (Å²) in [5.74, 6) is -0.323. The Hall–Kier alpha value is -2.17. The first-order chi connectivity index (χ1) is 12.3. The molecule has 0 fully saturated rings. The number of methoxy groups -OCH3 is 1. The van der Waals surface area contributed by atoms with E-state index in [2.05, 4.69) is 69.3 Å². The van der Waals surface area contributed by atoms with Gasteiger partial charge in [0.05, 0.1) is 13.7 Å². The summed E-state index contributed by atoms with van der Waals surface area (Å²) in [7, 11) is -1.17. The van der Waals surface area contributed by atoms with Gasteiger partial charge in [0.25, 0.3) is 8.32 Å². The van der Waals surface area contributed by atoms with Gasteiger partial charge in [-0.3, -0.25) is 0 Å². The summed E-state index contributed by atoms with van der Waals surface area (Å²) in [5.41, 5.74) is 0.561. The summed E-state index contributed by atoms with van der Waals surface area (Å²) < 4.78 is 11.5. The quantitative estimate of drug-likeness (QED) is 0.443. The lowest BCUT2D eigenvalue weighted by molar-refractivity contribution is -0.136. The number of carbonyl (C=O) groups is 1. The number of carbonyl (C=O) groups excluding carboxylic acids is 1. The Bertz CT molecular complexity index is 706. The maximum atomic E-state index is 11.7. The lowest BCUT2D eigenvalue weighted by atomic mass is 10.2. The lowest BCUT2D eigenvalue weighted by Gasteiger charge is -2.42. The van der Waals surface area contributed by atoms with Crippen LogP contribution in [0.5, 0.6) is 0 Å². The van der Waals surface area contributed by atoms with Crippen molar-refractivity contribution in [3.8, 4) is 0 Å². The standard InChI is InChI=1S/C22H28O3Si/c1-18(21(23)24-5)16-17-25-26(22(2,3)4,19-12-8-6-9-13-19)20-14-10-7-11-15-20/h6-16H,17H2,1-5H3/b18-16+. The molecule has 2 aromatic carbocycles. The van der Waals surface area contributed by atoms with E-state index in [9.17, 15) is 4.79 Å². The van der Waals surface area contributed by atoms with Crippen LogP contribution >= 0.6 is 0 Å². The molecule has 0 spiro atoms. The minimum absolute atomic E-state index is 0.0806. The van der Waals surface area contributed by atoms with Crippen molar-refractivity contribution in [2.24, 2.45) is 0 Å². The van der Waals surface area contributed by atoms with E-state index in [0.29, 0.717) is 12.2 Å². The van der Waals surface area contributed by atoms with Gasteiger partial charge in [-0.2, -0.15) is 0 Å². The van der Waals surface area contributed by atoms with Crippen LogP contribution in [0.15, 0.2) is 72.3 Å². The number of ether oxygens (including phenoxy) is 1. The van der Waals surface area contributed by atoms with E-state index in [1.165, 1.54) is 17.5 Å². The van der Waals surface area contributed by atoms with E-state index < -0.39 is 8.32 Å². The molecule has 0 atom stereocenters. The van der Waals surface area contributed by atoms with Gasteiger partial charge in [0, 0.05) is 5.57 Å². The Balaban J connectivity index is 2.52. The third-order valence-corrected chi connectivity index (χ3v) is 9.62. The molecule has 0 radical (unpaired) electrons. The molecule has 0 aliphatic rings. The van der Waals surface area contributed by atoms with E-state index in [0.717, 1.165) is 0 Å². The maximum absolute atomic E-state index is 11.7. The van der Waals surface area contributed by atoms with E-state index in [1.807, 2.05) is 18.2 Å². The number of rotatable bonds is 6. The highest BCUT2D eigenvalue weighted by molar-refractivity contribution is 6.99. The largest absolute Gasteiger partial charge is 0.466 e. The van der Waals surface area contributed by atoms with Crippen LogP contribution < -0.4 is 10.4 Å². The van der Waals surface area contributed by atoms with Crippen molar-refractivity contribution in [3.05, 3.63) is 72.3 Å². The molecular formula is C22H28O3Si. The molecule has 26 heavy (non-hydrogen) atoms. The Labute approximate surface area is 157 Å². The van der Waals surface area contributed by atoms with Gasteiger partial charge < -0.3 is 9.16 Å². The molecule has 2 rings (SSSR count). The average Bonchev–Trinajstić information content (AvgIpc) is 2.64. The monoisotopic (exact) mass is 368 g/mol. The van der Waals surface area contributed by atoms with Gasteiger partial charge in [0.15, 0.2) is 0 Å². The molecule has 0 heterocycles. The summed E-state index contributed by atoms with van der Waals surface area (Å²) in [4.78, 5) is 11.7. The first-order valence-corrected chi connectivity index (χ1v) is 10.7. The summed E-state index contributed by atoms with van der Waals surface area (Å²) in [6, 6.07) is 20.9. The highest BCUT2D eigenvalue weighted by Gasteiger charge is 2.49. The van der Waals surface area contributed by atoms with Crippen molar-refractivity contribution < 1.29 is 14.0 Å². The lowest BCUT2D eigenvalue weighted by Crippen LogP contribution is -2.66. The Kier molecular flexibility index (Phi) is 6.56. The molecule has 0 aromatic heterocycles. The zero-order valence-electron chi connectivity index (χ0n) is 16.3. The van der Waals surface area contributed by atoms with Crippen LogP contribution in [0.25, 0.3) is 0 Å². The third kappa shape index (κ3) is 4.14. The molecule has 0 aliphatic heterocycles. The van der Waals surface area contributed by atoms with Gasteiger partial charge in [0.2, 0.25) is 0 Å². The van der Waals surface area contributed by atoms with Crippen LogP contribution in [0.3, 0.4) is 0 Å². The predicted molar refractivity (Wildman–Crippen MR) is 109 cm³/mol. The molecule has 3 nitrogen and oxygen atoms in total. The molecule has 2 aromatic rings. The molecule has 4 heteroatoms. The molecule has 0 aliphatic carbocycles. The molecular weight excluding hydrogens is 340 g/mol. The zero-order valence-corrected chi connectivity index (χ0v) is 17.3. The summed E-state index contributed by atoms with van der Waals surface area (Å²) >= 11 is 0. The van der Waals surface area contributed by atoms with E-state index in [4.69, 9.17) is 9.16 Å². The Morgan fingerprint density at radius 3 is 1.81 bits per heavy atom. The van der Waals surface area contributed by atoms with Crippen molar-refractivity contribution in [2.45, 2.75) is 32.7 Å². The van der Waals surface area contributed by atoms with Gasteiger partial charge in [-0.15, -0.1) is 0 Å².